The topological polar surface area (TPSA) is 20.2 Å². The van der Waals surface area contributed by atoms with Gasteiger partial charge in [-0.3, -0.25) is 0 Å². The Bertz CT molecular complexity index is 1270. The van der Waals surface area contributed by atoms with Gasteiger partial charge in [0.1, 0.15) is 0 Å². The van der Waals surface area contributed by atoms with Crippen LogP contribution in [0.5, 0.6) is 0 Å². The summed E-state index contributed by atoms with van der Waals surface area (Å²) in [7, 11) is 0. The average molecular weight is 625 g/mol. The van der Waals surface area contributed by atoms with Crippen LogP contribution < -0.4 is 0 Å². The van der Waals surface area contributed by atoms with E-state index in [1.54, 1.807) is 5.57 Å². The van der Waals surface area contributed by atoms with Gasteiger partial charge in [-0.1, -0.05) is 143 Å². The van der Waals surface area contributed by atoms with Gasteiger partial charge >= 0.3 is 0 Å². The van der Waals surface area contributed by atoms with Crippen LogP contribution in [0.3, 0.4) is 0 Å². The van der Waals surface area contributed by atoms with Crippen LogP contribution >= 0.6 is 0 Å². The molecule has 1 aliphatic carbocycles. The van der Waals surface area contributed by atoms with Crippen molar-refractivity contribution in [1.82, 2.24) is 0 Å². The molecule has 0 heterocycles. The minimum Gasteiger partial charge on any atom is -0.392 e. The molecule has 0 saturated carbocycles. The van der Waals surface area contributed by atoms with Crippen molar-refractivity contribution < 1.29 is 5.11 Å². The van der Waals surface area contributed by atoms with Gasteiger partial charge in [0.2, 0.25) is 0 Å². The predicted molar refractivity (Wildman–Crippen MR) is 208 cm³/mol. The highest BCUT2D eigenvalue weighted by molar-refractivity contribution is 5.30. The lowest BCUT2D eigenvalue weighted by atomic mass is 9.60. The maximum absolute atomic E-state index is 9.40. The quantitative estimate of drug-likeness (QED) is 0.119. The Labute approximate surface area is 285 Å². The van der Waals surface area contributed by atoms with Gasteiger partial charge in [0, 0.05) is 0 Å². The van der Waals surface area contributed by atoms with Crippen LogP contribution in [0, 0.1) is 17.3 Å². The van der Waals surface area contributed by atoms with Gasteiger partial charge in [-0.05, 0) is 131 Å². The molecule has 2 atom stereocenters. The molecule has 0 aliphatic heterocycles. The van der Waals surface area contributed by atoms with E-state index in [1.165, 1.54) is 39.9 Å². The third-order valence-electron chi connectivity index (χ3n) is 9.48. The van der Waals surface area contributed by atoms with Crippen LogP contribution in [0.1, 0.15) is 128 Å². The Morgan fingerprint density at radius 2 is 1.24 bits per heavy atom. The molecule has 254 valence electrons. The van der Waals surface area contributed by atoms with Crippen molar-refractivity contribution in [1.29, 1.82) is 0 Å². The lowest BCUT2D eigenvalue weighted by Crippen LogP contribution is -2.36. The van der Waals surface area contributed by atoms with Crippen molar-refractivity contribution in [3.63, 3.8) is 0 Å². The Balaban J connectivity index is 2.56. The van der Waals surface area contributed by atoms with Gasteiger partial charge in [0.25, 0.3) is 0 Å². The number of rotatable bonds is 18. The zero-order valence-corrected chi connectivity index (χ0v) is 31.5. The van der Waals surface area contributed by atoms with Crippen molar-refractivity contribution in [2.75, 3.05) is 6.61 Å². The summed E-state index contributed by atoms with van der Waals surface area (Å²) in [5, 5.41) is 9.40. The monoisotopic (exact) mass is 625 g/mol. The molecule has 1 aliphatic rings. The molecule has 2 unspecified atom stereocenters. The molecular formula is C45H68O. The first-order valence-corrected chi connectivity index (χ1v) is 17.7. The zero-order valence-electron chi connectivity index (χ0n) is 31.5. The van der Waals surface area contributed by atoms with E-state index in [0.717, 1.165) is 50.5 Å². The summed E-state index contributed by atoms with van der Waals surface area (Å²) in [5.74, 6) is 1.22. The van der Waals surface area contributed by atoms with Crippen LogP contribution in [0.2, 0.25) is 0 Å². The largest absolute Gasteiger partial charge is 0.392 e. The highest BCUT2D eigenvalue weighted by Gasteiger charge is 2.39. The SMILES string of the molecule is CC(C)=CCCC(C)=CCCC(C)=CC=CC(C)=CC=CC=C(C)C=CC=C(C)CCC1C(C)=CCC(CC=C(C)CO)C1(C)C. The van der Waals surface area contributed by atoms with E-state index >= 15 is 0 Å². The Kier molecular flexibility index (Phi) is 20.2. The van der Waals surface area contributed by atoms with Crippen LogP contribution in [-0.4, -0.2) is 11.7 Å². The van der Waals surface area contributed by atoms with E-state index in [2.05, 4.69) is 154 Å². The highest BCUT2D eigenvalue weighted by Crippen LogP contribution is 2.49. The molecule has 1 nitrogen and oxygen atoms in total. The van der Waals surface area contributed by atoms with Crippen LogP contribution in [0.4, 0.5) is 0 Å². The molecule has 0 bridgehead atoms. The number of allylic oxidation sites excluding steroid dienone is 21. The first-order valence-electron chi connectivity index (χ1n) is 17.7. The molecule has 1 rings (SSSR count). The maximum atomic E-state index is 9.40. The van der Waals surface area contributed by atoms with Crippen molar-refractivity contribution >= 4 is 0 Å². The van der Waals surface area contributed by atoms with Gasteiger partial charge in [-0.15, -0.1) is 0 Å². The van der Waals surface area contributed by atoms with E-state index in [-0.39, 0.29) is 12.0 Å². The van der Waals surface area contributed by atoms with Gasteiger partial charge in [0.05, 0.1) is 6.61 Å². The van der Waals surface area contributed by atoms with Gasteiger partial charge in [-0.2, -0.15) is 0 Å². The van der Waals surface area contributed by atoms with Crippen molar-refractivity contribution in [2.45, 2.75) is 128 Å². The molecule has 0 aromatic heterocycles. The number of aliphatic hydroxyl groups excluding tert-OH is 1. The van der Waals surface area contributed by atoms with Crippen molar-refractivity contribution in [2.24, 2.45) is 17.3 Å². The van der Waals surface area contributed by atoms with E-state index in [4.69, 9.17) is 0 Å². The summed E-state index contributed by atoms with van der Waals surface area (Å²) in [4.78, 5) is 0. The molecule has 0 saturated heterocycles. The van der Waals surface area contributed by atoms with Gasteiger partial charge < -0.3 is 5.11 Å². The average Bonchev–Trinajstić information content (AvgIpc) is 2.98. The smallest absolute Gasteiger partial charge is 0.0639 e. The normalized spacial score (nSPS) is 20.7. The van der Waals surface area contributed by atoms with Crippen LogP contribution in [0.25, 0.3) is 0 Å². The fraction of sp³-hybridized carbons (Fsp3) is 0.511. The molecule has 0 fully saturated rings. The van der Waals surface area contributed by atoms with Crippen LogP contribution in [-0.2, 0) is 0 Å². The second kappa shape index (κ2) is 22.6. The molecule has 1 N–H and O–H groups in total. The molecule has 0 amide bonds. The number of hydrogen-bond donors (Lipinski definition) is 1. The Morgan fingerprint density at radius 3 is 1.80 bits per heavy atom. The fourth-order valence-electron chi connectivity index (χ4n) is 6.08. The summed E-state index contributed by atoms with van der Waals surface area (Å²) in [6, 6.07) is 0. The minimum absolute atomic E-state index is 0.163. The lowest BCUT2D eigenvalue weighted by molar-refractivity contribution is 0.119. The Morgan fingerprint density at radius 1 is 0.696 bits per heavy atom. The molecule has 0 spiro atoms. The predicted octanol–water partition coefficient (Wildman–Crippen LogP) is 13.6. The van der Waals surface area contributed by atoms with E-state index < -0.39 is 0 Å². The van der Waals surface area contributed by atoms with Crippen molar-refractivity contribution in [3.8, 4) is 0 Å². The van der Waals surface area contributed by atoms with Gasteiger partial charge in [-0.25, -0.2) is 0 Å². The summed E-state index contributed by atoms with van der Waals surface area (Å²) in [5.41, 5.74) is 11.1. The van der Waals surface area contributed by atoms with Crippen molar-refractivity contribution in [3.05, 3.63) is 130 Å². The molecule has 46 heavy (non-hydrogen) atoms. The first kappa shape index (κ1) is 41.1. The second-order valence-electron chi connectivity index (χ2n) is 14.6. The number of hydrogen-bond acceptors (Lipinski definition) is 1. The van der Waals surface area contributed by atoms with Crippen LogP contribution in [0.15, 0.2) is 130 Å². The summed E-state index contributed by atoms with van der Waals surface area (Å²) in [6.07, 6.45) is 40.3. The standard InChI is InChI=1S/C45H68O/c1-35(2)18-14-21-38(5)24-16-26-39(6)25-15-22-36(3)19-12-13-20-37(4)23-17-27-40(7)29-33-44-42(9)30-32-43(45(44,10)11)31-28-41(8)34-46/h12-13,15,17-20,22-25,27-28,30,43-44,46H,14,16,21,26,29,31-34H2,1-11H3. The molecular weight excluding hydrogens is 556 g/mol. The molecule has 1 heteroatoms. The van der Waals surface area contributed by atoms with E-state index in [0.29, 0.717) is 11.8 Å². The lowest BCUT2D eigenvalue weighted by Gasteiger charge is -2.45. The molecule has 0 aromatic rings. The van der Waals surface area contributed by atoms with E-state index in [9.17, 15) is 5.11 Å². The molecule has 0 radical (unpaired) electrons. The summed E-state index contributed by atoms with van der Waals surface area (Å²) >= 11 is 0. The van der Waals surface area contributed by atoms with Gasteiger partial charge in [0.15, 0.2) is 0 Å². The summed E-state index contributed by atoms with van der Waals surface area (Å²) < 4.78 is 0. The van der Waals surface area contributed by atoms with E-state index in [1.807, 2.05) is 6.92 Å². The zero-order chi connectivity index (χ0) is 34.5. The Hall–Kier alpha value is -2.90. The fourth-order valence-corrected chi connectivity index (χ4v) is 6.08. The summed E-state index contributed by atoms with van der Waals surface area (Å²) in [6.45, 7) is 24.8. The third kappa shape index (κ3) is 17.7. The third-order valence-corrected chi connectivity index (χ3v) is 9.48. The number of aliphatic hydroxyl groups is 1. The highest BCUT2D eigenvalue weighted by atomic mass is 16.3. The first-order chi connectivity index (χ1) is 21.8. The molecule has 0 aromatic carbocycles. The maximum Gasteiger partial charge on any atom is 0.0639 e. The minimum atomic E-state index is 0.163. The second-order valence-corrected chi connectivity index (χ2v) is 14.6.